The third-order valence-corrected chi connectivity index (χ3v) is 5.14. The summed E-state index contributed by atoms with van der Waals surface area (Å²) in [5.41, 5.74) is 1.51. The van der Waals surface area contributed by atoms with Crippen LogP contribution in [0, 0.1) is 6.92 Å². The first-order valence-corrected chi connectivity index (χ1v) is 9.64. The van der Waals surface area contributed by atoms with E-state index in [1.165, 1.54) is 24.6 Å². The number of amides is 1. The molecule has 1 heterocycles. The molecule has 154 valence electrons. The molecule has 1 aliphatic heterocycles. The van der Waals surface area contributed by atoms with Gasteiger partial charge < -0.3 is 19.8 Å². The second-order valence-corrected chi connectivity index (χ2v) is 7.26. The molecule has 2 N–H and O–H groups in total. The van der Waals surface area contributed by atoms with Crippen LogP contribution in [0.1, 0.15) is 28.4 Å². The molecule has 0 saturated carbocycles. The fourth-order valence-electron chi connectivity index (χ4n) is 3.34. The summed E-state index contributed by atoms with van der Waals surface area (Å²) in [6.45, 7) is 6.56. The number of rotatable bonds is 5. The monoisotopic (exact) mass is 398 g/mol. The maximum Gasteiger partial charge on any atom is 0.342 e. The van der Waals surface area contributed by atoms with Crippen LogP contribution in [0.25, 0.3) is 0 Å². The van der Waals surface area contributed by atoms with E-state index in [2.05, 4.69) is 17.0 Å². The Bertz CT molecular complexity index is 876. The number of hydrogen-bond acceptors (Lipinski definition) is 6. The van der Waals surface area contributed by atoms with Crippen molar-refractivity contribution in [2.75, 3.05) is 26.2 Å². The molecule has 29 heavy (non-hydrogen) atoms. The summed E-state index contributed by atoms with van der Waals surface area (Å²) in [5, 5.41) is 19.7. The van der Waals surface area contributed by atoms with Gasteiger partial charge in [-0.15, -0.1) is 0 Å². The topological polar surface area (TPSA) is 90.3 Å². The van der Waals surface area contributed by atoms with Crippen LogP contribution in [0.3, 0.4) is 0 Å². The fraction of sp³-hybridized carbons (Fsp3) is 0.364. The largest absolute Gasteiger partial charge is 0.504 e. The van der Waals surface area contributed by atoms with Crippen molar-refractivity contribution in [1.82, 2.24) is 9.80 Å². The number of esters is 1. The number of ether oxygens (including phenoxy) is 1. The van der Waals surface area contributed by atoms with E-state index in [0.29, 0.717) is 18.7 Å². The van der Waals surface area contributed by atoms with E-state index in [9.17, 15) is 19.8 Å². The van der Waals surface area contributed by atoms with Crippen molar-refractivity contribution in [3.63, 3.8) is 0 Å². The van der Waals surface area contributed by atoms with Crippen LogP contribution in [-0.4, -0.2) is 64.2 Å². The van der Waals surface area contributed by atoms with E-state index < -0.39 is 17.8 Å². The van der Waals surface area contributed by atoms with Crippen LogP contribution in [-0.2, 0) is 16.1 Å². The molecule has 0 aromatic heterocycles. The molecule has 1 unspecified atom stereocenters. The highest BCUT2D eigenvalue weighted by molar-refractivity contribution is 5.95. The minimum Gasteiger partial charge on any atom is -0.504 e. The lowest BCUT2D eigenvalue weighted by atomic mass is 10.1. The van der Waals surface area contributed by atoms with Gasteiger partial charge in [0.25, 0.3) is 5.91 Å². The van der Waals surface area contributed by atoms with Crippen molar-refractivity contribution in [2.24, 2.45) is 0 Å². The van der Waals surface area contributed by atoms with Crippen molar-refractivity contribution >= 4 is 11.9 Å². The van der Waals surface area contributed by atoms with Gasteiger partial charge in [-0.25, -0.2) is 4.79 Å². The van der Waals surface area contributed by atoms with Crippen LogP contribution in [0.15, 0.2) is 42.5 Å². The Balaban J connectivity index is 1.53. The van der Waals surface area contributed by atoms with E-state index in [1.54, 1.807) is 11.8 Å². The van der Waals surface area contributed by atoms with Gasteiger partial charge in [-0.2, -0.15) is 0 Å². The van der Waals surface area contributed by atoms with Gasteiger partial charge in [0.05, 0.1) is 0 Å². The highest BCUT2D eigenvalue weighted by Gasteiger charge is 2.28. The fourth-order valence-corrected chi connectivity index (χ4v) is 3.34. The smallest absolute Gasteiger partial charge is 0.342 e. The van der Waals surface area contributed by atoms with Crippen LogP contribution in [0.2, 0.25) is 0 Å². The molecular formula is C22H26N2O5. The Morgan fingerprint density at radius 2 is 1.66 bits per heavy atom. The van der Waals surface area contributed by atoms with Crippen molar-refractivity contribution in [2.45, 2.75) is 26.5 Å². The van der Waals surface area contributed by atoms with Gasteiger partial charge in [0.15, 0.2) is 17.6 Å². The van der Waals surface area contributed by atoms with Crippen molar-refractivity contribution in [3.05, 3.63) is 59.2 Å². The normalized spacial score (nSPS) is 15.7. The lowest BCUT2D eigenvalue weighted by molar-refractivity contribution is -0.141. The van der Waals surface area contributed by atoms with Crippen molar-refractivity contribution in [1.29, 1.82) is 0 Å². The first kappa shape index (κ1) is 20.7. The zero-order valence-corrected chi connectivity index (χ0v) is 16.7. The summed E-state index contributed by atoms with van der Waals surface area (Å²) in [6, 6.07) is 13.0. The number of carbonyl (C=O) groups excluding carboxylic acids is 2. The maximum absolute atomic E-state index is 12.7. The maximum atomic E-state index is 12.7. The van der Waals surface area contributed by atoms with Crippen LogP contribution in [0.5, 0.6) is 11.5 Å². The molecule has 1 aliphatic rings. The van der Waals surface area contributed by atoms with Gasteiger partial charge in [0.2, 0.25) is 0 Å². The molecule has 3 rings (SSSR count). The van der Waals surface area contributed by atoms with E-state index in [4.69, 9.17) is 4.74 Å². The number of benzene rings is 2. The van der Waals surface area contributed by atoms with Gasteiger partial charge in [-0.05, 0) is 31.0 Å². The molecule has 7 heteroatoms. The number of nitrogens with zero attached hydrogens (tertiary/aromatic N) is 2. The van der Waals surface area contributed by atoms with Gasteiger partial charge in [-0.3, -0.25) is 9.69 Å². The number of aromatic hydroxyl groups is 2. The molecular weight excluding hydrogens is 372 g/mol. The van der Waals surface area contributed by atoms with E-state index in [-0.39, 0.29) is 17.2 Å². The zero-order chi connectivity index (χ0) is 21.0. The number of piperazine rings is 1. The first-order valence-electron chi connectivity index (χ1n) is 9.64. The number of hydrogen-bond donors (Lipinski definition) is 2. The third kappa shape index (κ3) is 4.86. The summed E-state index contributed by atoms with van der Waals surface area (Å²) < 4.78 is 5.23. The molecule has 2 aromatic carbocycles. The van der Waals surface area contributed by atoms with E-state index in [1.807, 2.05) is 18.2 Å². The predicted molar refractivity (Wildman–Crippen MR) is 108 cm³/mol. The summed E-state index contributed by atoms with van der Waals surface area (Å²) >= 11 is 0. The first-order chi connectivity index (χ1) is 13.9. The van der Waals surface area contributed by atoms with Gasteiger partial charge in [-0.1, -0.05) is 36.4 Å². The Morgan fingerprint density at radius 1 is 1.00 bits per heavy atom. The standard InChI is InChI=1S/C22H26N2O5/c1-15-8-9-18(20(26)19(15)25)22(28)29-16(2)21(27)24-12-10-23(11-13-24)14-17-6-4-3-5-7-17/h3-9,16,25-26H,10-14H2,1-2H3. The van der Waals surface area contributed by atoms with Crippen molar-refractivity contribution < 1.29 is 24.5 Å². The Morgan fingerprint density at radius 3 is 2.31 bits per heavy atom. The molecule has 1 amide bonds. The molecule has 0 bridgehead atoms. The van der Waals surface area contributed by atoms with Gasteiger partial charge >= 0.3 is 5.97 Å². The van der Waals surface area contributed by atoms with E-state index >= 15 is 0 Å². The number of phenols is 2. The minimum atomic E-state index is -0.981. The number of phenolic OH excluding ortho intramolecular Hbond substituents is 2. The number of aryl methyl sites for hydroxylation is 1. The summed E-state index contributed by atoms with van der Waals surface area (Å²) in [6.07, 6.45) is -0.981. The third-order valence-electron chi connectivity index (χ3n) is 5.14. The quantitative estimate of drug-likeness (QED) is 0.593. The highest BCUT2D eigenvalue weighted by atomic mass is 16.5. The lowest BCUT2D eigenvalue weighted by Gasteiger charge is -2.35. The second-order valence-electron chi connectivity index (χ2n) is 7.26. The average Bonchev–Trinajstić information content (AvgIpc) is 2.72. The Hall–Kier alpha value is -3.06. The van der Waals surface area contributed by atoms with Gasteiger partial charge in [0, 0.05) is 32.7 Å². The lowest BCUT2D eigenvalue weighted by Crippen LogP contribution is -2.51. The van der Waals surface area contributed by atoms with Crippen LogP contribution < -0.4 is 0 Å². The molecule has 0 aliphatic carbocycles. The average molecular weight is 398 g/mol. The molecule has 1 atom stereocenters. The molecule has 7 nitrogen and oxygen atoms in total. The van der Waals surface area contributed by atoms with Crippen molar-refractivity contribution in [3.8, 4) is 11.5 Å². The second kappa shape index (κ2) is 8.96. The van der Waals surface area contributed by atoms with Crippen LogP contribution >= 0.6 is 0 Å². The van der Waals surface area contributed by atoms with Gasteiger partial charge in [0.1, 0.15) is 5.56 Å². The molecule has 0 spiro atoms. The molecule has 1 fully saturated rings. The summed E-state index contributed by atoms with van der Waals surface area (Å²) in [4.78, 5) is 28.9. The summed E-state index contributed by atoms with van der Waals surface area (Å²) in [5.74, 6) is -2.02. The Labute approximate surface area is 170 Å². The number of carbonyl (C=O) groups is 2. The summed E-state index contributed by atoms with van der Waals surface area (Å²) in [7, 11) is 0. The van der Waals surface area contributed by atoms with Crippen LogP contribution in [0.4, 0.5) is 0 Å². The Kier molecular flexibility index (Phi) is 6.39. The molecule has 0 radical (unpaired) electrons. The molecule has 1 saturated heterocycles. The molecule has 2 aromatic rings. The van der Waals surface area contributed by atoms with E-state index in [0.717, 1.165) is 19.6 Å². The highest BCUT2D eigenvalue weighted by Crippen LogP contribution is 2.32. The minimum absolute atomic E-state index is 0.166. The zero-order valence-electron chi connectivity index (χ0n) is 16.7. The predicted octanol–water partition coefficient (Wildman–Crippen LogP) is 2.30. The SMILES string of the molecule is Cc1ccc(C(=O)OC(C)C(=O)N2CCN(Cc3ccccc3)CC2)c(O)c1O.